The van der Waals surface area contributed by atoms with Crippen LogP contribution in [0.1, 0.15) is 49.9 Å². The van der Waals surface area contributed by atoms with E-state index in [1.54, 1.807) is 12.3 Å². The zero-order valence-electron chi connectivity index (χ0n) is 10.9. The molecule has 1 saturated carbocycles. The van der Waals surface area contributed by atoms with Crippen LogP contribution in [-0.4, -0.2) is 16.9 Å². The van der Waals surface area contributed by atoms with Crippen LogP contribution in [0.15, 0.2) is 18.5 Å². The van der Waals surface area contributed by atoms with E-state index in [1.807, 2.05) is 0 Å². The summed E-state index contributed by atoms with van der Waals surface area (Å²) < 4.78 is 0. The van der Waals surface area contributed by atoms with Crippen LogP contribution in [0.5, 0.6) is 0 Å². The van der Waals surface area contributed by atoms with Crippen LogP contribution in [0.3, 0.4) is 0 Å². The monoisotopic (exact) mass is 266 g/mol. The summed E-state index contributed by atoms with van der Waals surface area (Å²) in [5.41, 5.74) is 0.923. The number of halogens is 1. The number of pyridine rings is 1. The van der Waals surface area contributed by atoms with Crippen molar-refractivity contribution in [2.45, 2.75) is 45.6 Å². The highest BCUT2D eigenvalue weighted by molar-refractivity contribution is 6.33. The molecule has 1 amide bonds. The maximum atomic E-state index is 12.1. The van der Waals surface area contributed by atoms with Crippen LogP contribution >= 0.6 is 11.6 Å². The van der Waals surface area contributed by atoms with Gasteiger partial charge in [-0.1, -0.05) is 25.4 Å². The molecule has 2 rings (SSSR count). The molecule has 1 aliphatic rings. The highest BCUT2D eigenvalue weighted by Crippen LogP contribution is 2.35. The summed E-state index contributed by atoms with van der Waals surface area (Å²) in [6.07, 6.45) is 7.48. The number of amides is 1. The van der Waals surface area contributed by atoms with E-state index in [2.05, 4.69) is 24.1 Å². The SMILES string of the molecule is CC1(C)CCC(NC(=O)c2ccncc2Cl)CC1. The Morgan fingerprint density at radius 1 is 1.44 bits per heavy atom. The van der Waals surface area contributed by atoms with Crippen LogP contribution in [0.25, 0.3) is 0 Å². The third-order valence-corrected chi connectivity index (χ3v) is 3.99. The minimum Gasteiger partial charge on any atom is -0.349 e. The Morgan fingerprint density at radius 2 is 2.11 bits per heavy atom. The Hall–Kier alpha value is -1.09. The Morgan fingerprint density at radius 3 is 2.72 bits per heavy atom. The maximum Gasteiger partial charge on any atom is 0.253 e. The second kappa shape index (κ2) is 5.27. The Labute approximate surface area is 113 Å². The van der Waals surface area contributed by atoms with Crippen molar-refractivity contribution in [2.24, 2.45) is 5.41 Å². The second-order valence-electron chi connectivity index (χ2n) is 5.77. The molecular formula is C14H19ClN2O. The summed E-state index contributed by atoms with van der Waals surface area (Å²) in [5, 5.41) is 3.47. The molecular weight excluding hydrogens is 248 g/mol. The molecule has 0 radical (unpaired) electrons. The van der Waals surface area contributed by atoms with Gasteiger partial charge in [-0.2, -0.15) is 0 Å². The normalized spacial score (nSPS) is 19.5. The number of carbonyl (C=O) groups is 1. The molecule has 98 valence electrons. The molecule has 18 heavy (non-hydrogen) atoms. The highest BCUT2D eigenvalue weighted by atomic mass is 35.5. The molecule has 1 aromatic rings. The van der Waals surface area contributed by atoms with Gasteiger partial charge < -0.3 is 5.32 Å². The molecule has 0 atom stereocenters. The molecule has 1 N–H and O–H groups in total. The van der Waals surface area contributed by atoms with E-state index in [-0.39, 0.29) is 11.9 Å². The molecule has 0 aromatic carbocycles. The lowest BCUT2D eigenvalue weighted by Crippen LogP contribution is -2.39. The standard InChI is InChI=1S/C14H19ClN2O/c1-14(2)6-3-10(4-7-14)17-13(18)11-5-8-16-9-12(11)15/h5,8-10H,3-4,6-7H2,1-2H3,(H,17,18). The average molecular weight is 267 g/mol. The molecule has 0 spiro atoms. The lowest BCUT2D eigenvalue weighted by atomic mass is 9.75. The molecule has 4 heteroatoms. The molecule has 0 saturated heterocycles. The van der Waals surface area contributed by atoms with E-state index >= 15 is 0 Å². The number of aromatic nitrogens is 1. The third-order valence-electron chi connectivity index (χ3n) is 3.69. The van der Waals surface area contributed by atoms with E-state index in [1.165, 1.54) is 6.20 Å². The number of hydrogen-bond donors (Lipinski definition) is 1. The molecule has 1 heterocycles. The van der Waals surface area contributed by atoms with E-state index < -0.39 is 0 Å². The van der Waals surface area contributed by atoms with E-state index in [0.717, 1.165) is 25.7 Å². The molecule has 1 fully saturated rings. The average Bonchev–Trinajstić information content (AvgIpc) is 2.32. The van der Waals surface area contributed by atoms with Crippen molar-refractivity contribution in [3.8, 4) is 0 Å². The molecule has 1 aliphatic carbocycles. The predicted octanol–water partition coefficient (Wildman–Crippen LogP) is 3.43. The van der Waals surface area contributed by atoms with Gasteiger partial charge in [0.2, 0.25) is 0 Å². The highest BCUT2D eigenvalue weighted by Gasteiger charge is 2.27. The van der Waals surface area contributed by atoms with Gasteiger partial charge in [-0.05, 0) is 37.2 Å². The Balaban J connectivity index is 1.95. The first-order valence-electron chi connectivity index (χ1n) is 6.38. The summed E-state index contributed by atoms with van der Waals surface area (Å²) in [6.45, 7) is 4.57. The first kappa shape index (κ1) is 13.3. The van der Waals surface area contributed by atoms with Crippen molar-refractivity contribution >= 4 is 17.5 Å². The van der Waals surface area contributed by atoms with Crippen LogP contribution in [0.2, 0.25) is 5.02 Å². The third kappa shape index (κ3) is 3.22. The van der Waals surface area contributed by atoms with Gasteiger partial charge in [0.1, 0.15) is 0 Å². The number of nitrogens with zero attached hydrogens (tertiary/aromatic N) is 1. The van der Waals surface area contributed by atoms with Gasteiger partial charge in [0.15, 0.2) is 0 Å². The second-order valence-corrected chi connectivity index (χ2v) is 6.17. The number of nitrogens with one attached hydrogen (secondary N) is 1. The van der Waals surface area contributed by atoms with Crippen molar-refractivity contribution in [1.82, 2.24) is 10.3 Å². The molecule has 0 unspecified atom stereocenters. The summed E-state index contributed by atoms with van der Waals surface area (Å²) in [7, 11) is 0. The van der Waals surface area contributed by atoms with Crippen LogP contribution in [0, 0.1) is 5.41 Å². The van der Waals surface area contributed by atoms with Crippen molar-refractivity contribution in [2.75, 3.05) is 0 Å². The summed E-state index contributed by atoms with van der Waals surface area (Å²) in [5.74, 6) is -0.0906. The zero-order valence-corrected chi connectivity index (χ0v) is 11.6. The quantitative estimate of drug-likeness (QED) is 0.891. The van der Waals surface area contributed by atoms with E-state index in [0.29, 0.717) is 16.0 Å². The van der Waals surface area contributed by atoms with Gasteiger partial charge >= 0.3 is 0 Å². The largest absolute Gasteiger partial charge is 0.349 e. The fraction of sp³-hybridized carbons (Fsp3) is 0.571. The van der Waals surface area contributed by atoms with Gasteiger partial charge in [-0.25, -0.2) is 0 Å². The zero-order chi connectivity index (χ0) is 13.2. The predicted molar refractivity (Wildman–Crippen MR) is 72.8 cm³/mol. The van der Waals surface area contributed by atoms with Crippen LogP contribution < -0.4 is 5.32 Å². The summed E-state index contributed by atoms with van der Waals surface area (Å²) in [4.78, 5) is 16.0. The fourth-order valence-corrected chi connectivity index (χ4v) is 2.57. The first-order valence-corrected chi connectivity index (χ1v) is 6.76. The molecule has 0 bridgehead atoms. The van der Waals surface area contributed by atoms with Crippen molar-refractivity contribution in [3.05, 3.63) is 29.0 Å². The van der Waals surface area contributed by atoms with Gasteiger partial charge in [0, 0.05) is 18.4 Å². The number of rotatable bonds is 2. The molecule has 1 aromatic heterocycles. The van der Waals surface area contributed by atoms with Crippen molar-refractivity contribution < 1.29 is 4.79 Å². The Kier molecular flexibility index (Phi) is 3.91. The number of carbonyl (C=O) groups excluding carboxylic acids is 1. The van der Waals surface area contributed by atoms with E-state index in [9.17, 15) is 4.79 Å². The number of hydrogen-bond acceptors (Lipinski definition) is 2. The van der Waals surface area contributed by atoms with Crippen LogP contribution in [-0.2, 0) is 0 Å². The van der Waals surface area contributed by atoms with Gasteiger partial charge in [-0.3, -0.25) is 9.78 Å². The fourth-order valence-electron chi connectivity index (χ4n) is 2.37. The van der Waals surface area contributed by atoms with Gasteiger partial charge in [-0.15, -0.1) is 0 Å². The minimum atomic E-state index is -0.0906. The van der Waals surface area contributed by atoms with E-state index in [4.69, 9.17) is 11.6 Å². The summed E-state index contributed by atoms with van der Waals surface area (Å²) in [6, 6.07) is 1.93. The first-order chi connectivity index (χ1) is 8.48. The van der Waals surface area contributed by atoms with Gasteiger partial charge in [0.25, 0.3) is 5.91 Å². The van der Waals surface area contributed by atoms with Crippen LogP contribution in [0.4, 0.5) is 0 Å². The van der Waals surface area contributed by atoms with Gasteiger partial charge in [0.05, 0.1) is 10.6 Å². The van der Waals surface area contributed by atoms with Crippen molar-refractivity contribution in [3.63, 3.8) is 0 Å². The molecule has 3 nitrogen and oxygen atoms in total. The topological polar surface area (TPSA) is 42.0 Å². The lowest BCUT2D eigenvalue weighted by Gasteiger charge is -2.34. The lowest BCUT2D eigenvalue weighted by molar-refractivity contribution is 0.0909. The van der Waals surface area contributed by atoms with Crippen molar-refractivity contribution in [1.29, 1.82) is 0 Å². The summed E-state index contributed by atoms with van der Waals surface area (Å²) >= 11 is 5.96. The minimum absolute atomic E-state index is 0.0906. The maximum absolute atomic E-state index is 12.1. The smallest absolute Gasteiger partial charge is 0.253 e. The Bertz CT molecular complexity index is 435. The molecule has 0 aliphatic heterocycles.